The number of amides is 2. The van der Waals surface area contributed by atoms with E-state index in [9.17, 15) is 9.59 Å². The van der Waals surface area contributed by atoms with E-state index in [0.717, 1.165) is 9.37 Å². The van der Waals surface area contributed by atoms with Gasteiger partial charge in [0.15, 0.2) is 0 Å². The molecule has 0 aliphatic heterocycles. The van der Waals surface area contributed by atoms with E-state index in [0.29, 0.717) is 0 Å². The molecule has 1 aromatic heterocycles. The molecular formula is C12H15BrN2O3. The van der Waals surface area contributed by atoms with Crippen molar-refractivity contribution >= 4 is 33.7 Å². The Morgan fingerprint density at radius 1 is 1.33 bits per heavy atom. The molecule has 0 radical (unpaired) electrons. The van der Waals surface area contributed by atoms with Crippen LogP contribution < -0.4 is 4.90 Å². The molecule has 0 bridgehead atoms. The molecule has 98 valence electrons. The van der Waals surface area contributed by atoms with Crippen LogP contribution in [0.25, 0.3) is 0 Å². The summed E-state index contributed by atoms with van der Waals surface area (Å²) < 4.78 is 5.92. The van der Waals surface area contributed by atoms with E-state index >= 15 is 0 Å². The van der Waals surface area contributed by atoms with Crippen LogP contribution in [-0.4, -0.2) is 22.6 Å². The van der Waals surface area contributed by atoms with Gasteiger partial charge in [-0.25, -0.2) is 9.78 Å². The van der Waals surface area contributed by atoms with E-state index in [1.807, 2.05) is 0 Å². The molecule has 1 rings (SSSR count). The summed E-state index contributed by atoms with van der Waals surface area (Å²) >= 11 is 3.24. The molecule has 1 aromatic rings. The average Bonchev–Trinajstić information content (AvgIpc) is 2.18. The van der Waals surface area contributed by atoms with Crippen molar-refractivity contribution in [3.05, 3.63) is 22.8 Å². The van der Waals surface area contributed by atoms with Crippen LogP contribution in [0.4, 0.5) is 10.6 Å². The second-order valence-corrected chi connectivity index (χ2v) is 5.59. The number of nitrogens with zero attached hydrogens (tertiary/aromatic N) is 2. The summed E-state index contributed by atoms with van der Waals surface area (Å²) in [5.74, 6) is -0.209. The minimum Gasteiger partial charge on any atom is -0.443 e. The van der Waals surface area contributed by atoms with Crippen molar-refractivity contribution in [1.29, 1.82) is 0 Å². The van der Waals surface area contributed by atoms with Crippen LogP contribution in [0.15, 0.2) is 22.8 Å². The molecule has 0 spiro atoms. The molecule has 6 heteroatoms. The first kappa shape index (κ1) is 14.6. The fourth-order valence-corrected chi connectivity index (χ4v) is 1.43. The van der Waals surface area contributed by atoms with Crippen LogP contribution in [0, 0.1) is 0 Å². The van der Waals surface area contributed by atoms with Gasteiger partial charge in [0, 0.05) is 17.6 Å². The third kappa shape index (κ3) is 4.10. The van der Waals surface area contributed by atoms with Crippen LogP contribution in [0.3, 0.4) is 0 Å². The Bertz CT molecular complexity index is 451. The Balaban J connectivity index is 3.00. The molecule has 0 N–H and O–H groups in total. The van der Waals surface area contributed by atoms with Crippen LogP contribution in [-0.2, 0) is 9.53 Å². The second kappa shape index (κ2) is 5.48. The summed E-state index contributed by atoms with van der Waals surface area (Å²) in [6.07, 6.45) is 0.778. The Morgan fingerprint density at radius 2 is 1.94 bits per heavy atom. The minimum absolute atomic E-state index is 0.236. The maximum atomic E-state index is 11.9. The summed E-state index contributed by atoms with van der Waals surface area (Å²) in [5, 5.41) is 0. The molecule has 0 aliphatic carbocycles. The van der Waals surface area contributed by atoms with E-state index in [-0.39, 0.29) is 5.82 Å². The fourth-order valence-electron chi connectivity index (χ4n) is 1.19. The van der Waals surface area contributed by atoms with Gasteiger partial charge in [0.05, 0.1) is 0 Å². The molecule has 0 unspecified atom stereocenters. The Morgan fingerprint density at radius 3 is 2.33 bits per heavy atom. The Hall–Kier alpha value is -1.43. The van der Waals surface area contributed by atoms with Crippen LogP contribution >= 0.6 is 15.9 Å². The van der Waals surface area contributed by atoms with Crippen molar-refractivity contribution in [2.75, 3.05) is 4.90 Å². The van der Waals surface area contributed by atoms with Gasteiger partial charge in [-0.2, -0.15) is 4.90 Å². The lowest BCUT2D eigenvalue weighted by molar-refractivity contribution is -0.116. The largest absolute Gasteiger partial charge is 0.443 e. The predicted molar refractivity (Wildman–Crippen MR) is 71.3 cm³/mol. The molecule has 5 nitrogen and oxygen atoms in total. The van der Waals surface area contributed by atoms with E-state index in [4.69, 9.17) is 4.74 Å². The summed E-state index contributed by atoms with van der Waals surface area (Å²) in [6, 6.07) is 3.26. The van der Waals surface area contributed by atoms with E-state index in [1.54, 1.807) is 32.9 Å². The fraction of sp³-hybridized carbons (Fsp3) is 0.417. The van der Waals surface area contributed by atoms with Crippen molar-refractivity contribution in [1.82, 2.24) is 4.98 Å². The summed E-state index contributed by atoms with van der Waals surface area (Å²) in [5.41, 5.74) is -0.667. The summed E-state index contributed by atoms with van der Waals surface area (Å²) in [4.78, 5) is 28.4. The highest BCUT2D eigenvalue weighted by Gasteiger charge is 2.27. The van der Waals surface area contributed by atoms with Crippen LogP contribution in [0.2, 0.25) is 0 Å². The second-order valence-electron chi connectivity index (χ2n) is 4.67. The molecular weight excluding hydrogens is 300 g/mol. The maximum absolute atomic E-state index is 11.9. The number of ether oxygens (including phenoxy) is 1. The van der Waals surface area contributed by atoms with E-state index in [2.05, 4.69) is 20.9 Å². The topological polar surface area (TPSA) is 59.5 Å². The van der Waals surface area contributed by atoms with Crippen molar-refractivity contribution < 1.29 is 14.3 Å². The zero-order valence-electron chi connectivity index (χ0n) is 10.7. The Kier molecular flexibility index (Phi) is 4.45. The van der Waals surface area contributed by atoms with Gasteiger partial charge in [-0.15, -0.1) is 0 Å². The predicted octanol–water partition coefficient (Wildman–Crippen LogP) is 3.13. The molecule has 2 amide bonds. The number of hydrogen-bond acceptors (Lipinski definition) is 4. The molecule has 1 heterocycles. The summed E-state index contributed by atoms with van der Waals surface area (Å²) in [6.45, 7) is 6.49. The highest BCUT2D eigenvalue weighted by Crippen LogP contribution is 2.18. The lowest BCUT2D eigenvalue weighted by Crippen LogP contribution is -2.40. The third-order valence-electron chi connectivity index (χ3n) is 1.83. The van der Waals surface area contributed by atoms with Crippen LogP contribution in [0.5, 0.6) is 0 Å². The number of carbonyl (C=O) groups is 2. The zero-order chi connectivity index (χ0) is 13.9. The highest BCUT2D eigenvalue weighted by molar-refractivity contribution is 9.10. The van der Waals surface area contributed by atoms with Crippen molar-refractivity contribution in [3.8, 4) is 0 Å². The minimum atomic E-state index is -0.732. The first-order chi connectivity index (χ1) is 8.20. The SMILES string of the molecule is CC(=O)N(C(=O)OC(C)(C)C)c1ccc(Br)cn1. The summed E-state index contributed by atoms with van der Waals surface area (Å²) in [7, 11) is 0. The molecule has 0 aromatic carbocycles. The first-order valence-electron chi connectivity index (χ1n) is 5.36. The quantitative estimate of drug-likeness (QED) is 0.799. The van der Waals surface area contributed by atoms with Gasteiger partial charge in [-0.1, -0.05) is 0 Å². The maximum Gasteiger partial charge on any atom is 0.422 e. The highest BCUT2D eigenvalue weighted by atomic mass is 79.9. The zero-order valence-corrected chi connectivity index (χ0v) is 12.3. The third-order valence-corrected chi connectivity index (χ3v) is 2.30. The van der Waals surface area contributed by atoms with Gasteiger partial charge < -0.3 is 4.74 Å². The molecule has 0 aliphatic rings. The van der Waals surface area contributed by atoms with Crippen molar-refractivity contribution in [2.24, 2.45) is 0 Å². The van der Waals surface area contributed by atoms with Gasteiger partial charge in [-0.3, -0.25) is 4.79 Å². The number of hydrogen-bond donors (Lipinski definition) is 0. The van der Waals surface area contributed by atoms with Gasteiger partial charge in [-0.05, 0) is 48.8 Å². The van der Waals surface area contributed by atoms with E-state index < -0.39 is 17.6 Å². The van der Waals surface area contributed by atoms with Gasteiger partial charge >= 0.3 is 6.09 Å². The van der Waals surface area contributed by atoms with Crippen molar-refractivity contribution in [3.63, 3.8) is 0 Å². The number of aromatic nitrogens is 1. The standard InChI is InChI=1S/C12H15BrN2O3/c1-8(16)15(11(17)18-12(2,3)4)10-6-5-9(13)7-14-10/h5-7H,1-4H3. The monoisotopic (exact) mass is 314 g/mol. The average molecular weight is 315 g/mol. The lowest BCUT2D eigenvalue weighted by Gasteiger charge is -2.24. The van der Waals surface area contributed by atoms with E-state index in [1.165, 1.54) is 13.1 Å². The normalized spacial score (nSPS) is 10.9. The molecule has 0 saturated heterocycles. The molecule has 0 atom stereocenters. The Labute approximate surface area is 114 Å². The number of pyridine rings is 1. The lowest BCUT2D eigenvalue weighted by atomic mass is 10.2. The molecule has 18 heavy (non-hydrogen) atoms. The van der Waals surface area contributed by atoms with Gasteiger partial charge in [0.1, 0.15) is 11.4 Å². The van der Waals surface area contributed by atoms with Gasteiger partial charge in [0.2, 0.25) is 5.91 Å². The van der Waals surface area contributed by atoms with Gasteiger partial charge in [0.25, 0.3) is 0 Å². The number of anilines is 1. The first-order valence-corrected chi connectivity index (χ1v) is 6.15. The smallest absolute Gasteiger partial charge is 0.422 e. The van der Waals surface area contributed by atoms with Crippen LogP contribution in [0.1, 0.15) is 27.7 Å². The number of halogens is 1. The number of rotatable bonds is 1. The number of carbonyl (C=O) groups excluding carboxylic acids is 2. The van der Waals surface area contributed by atoms with Crippen molar-refractivity contribution in [2.45, 2.75) is 33.3 Å². The number of imide groups is 1. The molecule has 0 fully saturated rings. The molecule has 0 saturated carbocycles.